The Morgan fingerprint density at radius 3 is 2.67 bits per heavy atom. The fourth-order valence-electron chi connectivity index (χ4n) is 1.20. The van der Waals surface area contributed by atoms with Crippen molar-refractivity contribution in [3.05, 3.63) is 42.0 Å². The van der Waals surface area contributed by atoms with Crippen molar-refractivity contribution in [2.75, 3.05) is 5.32 Å². The van der Waals surface area contributed by atoms with Gasteiger partial charge in [-0.05, 0) is 18.2 Å². The smallest absolute Gasteiger partial charge is 0.348 e. The maximum Gasteiger partial charge on any atom is 0.433 e. The molecule has 2 heterocycles. The van der Waals surface area contributed by atoms with E-state index in [1.54, 1.807) is 12.1 Å². The number of aromatic nitrogens is 4. The van der Waals surface area contributed by atoms with E-state index in [0.29, 0.717) is 5.69 Å². The first kappa shape index (κ1) is 12.2. The van der Waals surface area contributed by atoms with E-state index in [2.05, 4.69) is 25.5 Å². The predicted octanol–water partition coefficient (Wildman–Crippen LogP) is 1.90. The molecular weight excluding hydrogens is 247 g/mol. The van der Waals surface area contributed by atoms with Crippen LogP contribution in [-0.2, 0) is 12.7 Å². The van der Waals surface area contributed by atoms with Crippen molar-refractivity contribution in [2.24, 2.45) is 0 Å². The van der Waals surface area contributed by atoms with Crippen molar-refractivity contribution < 1.29 is 13.2 Å². The highest BCUT2D eigenvalue weighted by molar-refractivity contribution is 5.26. The van der Waals surface area contributed by atoms with E-state index in [9.17, 15) is 13.2 Å². The molecule has 2 aromatic heterocycles. The molecular formula is C10H8F3N5. The molecule has 0 saturated carbocycles. The van der Waals surface area contributed by atoms with Gasteiger partial charge < -0.3 is 5.32 Å². The largest absolute Gasteiger partial charge is 0.433 e. The lowest BCUT2D eigenvalue weighted by Crippen LogP contribution is -2.12. The van der Waals surface area contributed by atoms with Crippen molar-refractivity contribution >= 4 is 5.95 Å². The number of nitrogens with zero attached hydrogens (tertiary/aromatic N) is 4. The summed E-state index contributed by atoms with van der Waals surface area (Å²) in [5.41, 5.74) is -0.405. The van der Waals surface area contributed by atoms with Crippen LogP contribution in [0.1, 0.15) is 11.4 Å². The van der Waals surface area contributed by atoms with Gasteiger partial charge in [0.25, 0.3) is 0 Å². The molecule has 0 aliphatic heterocycles. The van der Waals surface area contributed by atoms with Gasteiger partial charge in [0.15, 0.2) is 0 Å². The van der Waals surface area contributed by atoms with Crippen LogP contribution in [0.4, 0.5) is 19.1 Å². The molecule has 2 aromatic rings. The highest BCUT2D eigenvalue weighted by Crippen LogP contribution is 2.27. The van der Waals surface area contributed by atoms with Crippen LogP contribution in [0.3, 0.4) is 0 Å². The lowest BCUT2D eigenvalue weighted by molar-refractivity contribution is -0.141. The third-order valence-electron chi connectivity index (χ3n) is 2.00. The van der Waals surface area contributed by atoms with Gasteiger partial charge in [0.1, 0.15) is 5.69 Å². The Morgan fingerprint density at radius 1 is 1.17 bits per heavy atom. The third-order valence-corrected chi connectivity index (χ3v) is 2.00. The summed E-state index contributed by atoms with van der Waals surface area (Å²) in [7, 11) is 0. The molecule has 0 atom stereocenters. The molecule has 0 saturated heterocycles. The van der Waals surface area contributed by atoms with Gasteiger partial charge in [0.2, 0.25) is 5.95 Å². The molecule has 0 unspecified atom stereocenters. The zero-order valence-electron chi connectivity index (χ0n) is 9.02. The van der Waals surface area contributed by atoms with Crippen LogP contribution in [0.15, 0.2) is 30.6 Å². The van der Waals surface area contributed by atoms with Gasteiger partial charge in [-0.2, -0.15) is 23.4 Å². The van der Waals surface area contributed by atoms with Gasteiger partial charge in [0, 0.05) is 12.4 Å². The first-order chi connectivity index (χ1) is 8.55. The number of anilines is 1. The molecule has 0 amide bonds. The summed E-state index contributed by atoms with van der Waals surface area (Å²) >= 11 is 0. The number of hydrogen-bond donors (Lipinski definition) is 1. The molecule has 1 N–H and O–H groups in total. The summed E-state index contributed by atoms with van der Waals surface area (Å²) in [4.78, 5) is 7.06. The fraction of sp³-hybridized carbons (Fsp3) is 0.200. The minimum atomic E-state index is -4.48. The summed E-state index contributed by atoms with van der Waals surface area (Å²) in [6, 6.07) is 4.18. The lowest BCUT2D eigenvalue weighted by atomic mass is 10.4. The molecule has 8 heteroatoms. The Kier molecular flexibility index (Phi) is 3.35. The molecule has 18 heavy (non-hydrogen) atoms. The van der Waals surface area contributed by atoms with Gasteiger partial charge in [-0.3, -0.25) is 0 Å². The average molecular weight is 255 g/mol. The number of rotatable bonds is 3. The summed E-state index contributed by atoms with van der Waals surface area (Å²) in [5, 5.41) is 10.1. The van der Waals surface area contributed by atoms with Crippen LogP contribution in [-0.4, -0.2) is 20.2 Å². The topological polar surface area (TPSA) is 63.6 Å². The van der Waals surface area contributed by atoms with Gasteiger partial charge >= 0.3 is 6.18 Å². The zero-order valence-corrected chi connectivity index (χ0v) is 9.02. The molecule has 0 aromatic carbocycles. The number of alkyl halides is 3. The molecule has 0 fully saturated rings. The molecule has 94 valence electrons. The van der Waals surface area contributed by atoms with Gasteiger partial charge in [0.05, 0.1) is 12.2 Å². The van der Waals surface area contributed by atoms with E-state index >= 15 is 0 Å². The standard InChI is InChI=1S/C10H8F3N5/c11-10(12,13)8-3-5-14-9(17-8)15-6-7-2-1-4-16-18-7/h1-5H,6H2,(H,14,15,17). The maximum absolute atomic E-state index is 12.4. The number of hydrogen-bond acceptors (Lipinski definition) is 5. The molecule has 0 spiro atoms. The molecule has 0 aliphatic carbocycles. The third kappa shape index (κ3) is 3.12. The Hall–Kier alpha value is -2.25. The Labute approximate surface area is 100 Å². The highest BCUT2D eigenvalue weighted by atomic mass is 19.4. The van der Waals surface area contributed by atoms with Crippen molar-refractivity contribution in [3.63, 3.8) is 0 Å². The molecule has 0 bridgehead atoms. The molecule has 0 radical (unpaired) electrons. The average Bonchev–Trinajstić information content (AvgIpc) is 2.37. The van der Waals surface area contributed by atoms with E-state index in [4.69, 9.17) is 0 Å². The monoisotopic (exact) mass is 255 g/mol. The normalized spacial score (nSPS) is 11.3. The van der Waals surface area contributed by atoms with Crippen LogP contribution >= 0.6 is 0 Å². The van der Waals surface area contributed by atoms with Crippen LogP contribution in [0.25, 0.3) is 0 Å². The van der Waals surface area contributed by atoms with Gasteiger partial charge in [-0.25, -0.2) is 9.97 Å². The zero-order chi connectivity index (χ0) is 13.0. The second kappa shape index (κ2) is 4.94. The molecule has 0 aliphatic rings. The van der Waals surface area contributed by atoms with Crippen molar-refractivity contribution in [3.8, 4) is 0 Å². The Balaban J connectivity index is 2.06. The van der Waals surface area contributed by atoms with E-state index in [-0.39, 0.29) is 12.5 Å². The number of halogens is 3. The van der Waals surface area contributed by atoms with Gasteiger partial charge in [-0.1, -0.05) is 0 Å². The first-order valence-corrected chi connectivity index (χ1v) is 4.96. The van der Waals surface area contributed by atoms with E-state index in [1.807, 2.05) is 0 Å². The van der Waals surface area contributed by atoms with E-state index in [0.717, 1.165) is 12.3 Å². The predicted molar refractivity (Wildman–Crippen MR) is 56.4 cm³/mol. The Morgan fingerprint density at radius 2 is 2.00 bits per heavy atom. The SMILES string of the molecule is FC(F)(F)c1ccnc(NCc2cccnn2)n1. The second-order valence-corrected chi connectivity index (χ2v) is 3.33. The maximum atomic E-state index is 12.4. The van der Waals surface area contributed by atoms with Crippen molar-refractivity contribution in [2.45, 2.75) is 12.7 Å². The summed E-state index contributed by atoms with van der Waals surface area (Å²) in [6.45, 7) is 0.204. The first-order valence-electron chi connectivity index (χ1n) is 4.96. The van der Waals surface area contributed by atoms with Crippen LogP contribution < -0.4 is 5.32 Å². The van der Waals surface area contributed by atoms with E-state index < -0.39 is 11.9 Å². The summed E-state index contributed by atoms with van der Waals surface area (Å²) < 4.78 is 37.2. The minimum absolute atomic E-state index is 0.101. The molecule has 2 rings (SSSR count). The summed E-state index contributed by atoms with van der Waals surface area (Å²) in [6.07, 6.45) is -1.93. The minimum Gasteiger partial charge on any atom is -0.348 e. The number of nitrogens with one attached hydrogen (secondary N) is 1. The lowest BCUT2D eigenvalue weighted by Gasteiger charge is -2.07. The Bertz CT molecular complexity index is 514. The highest BCUT2D eigenvalue weighted by Gasteiger charge is 2.32. The van der Waals surface area contributed by atoms with Crippen LogP contribution in [0, 0.1) is 0 Å². The second-order valence-electron chi connectivity index (χ2n) is 3.33. The van der Waals surface area contributed by atoms with Gasteiger partial charge in [-0.15, -0.1) is 0 Å². The van der Waals surface area contributed by atoms with Crippen LogP contribution in [0.5, 0.6) is 0 Å². The fourth-order valence-corrected chi connectivity index (χ4v) is 1.20. The van der Waals surface area contributed by atoms with Crippen LogP contribution in [0.2, 0.25) is 0 Å². The molecule has 5 nitrogen and oxygen atoms in total. The quantitative estimate of drug-likeness (QED) is 0.907. The summed E-state index contributed by atoms with van der Waals surface area (Å²) in [5.74, 6) is -0.101. The van der Waals surface area contributed by atoms with Crippen molar-refractivity contribution in [1.29, 1.82) is 0 Å². The van der Waals surface area contributed by atoms with Crippen molar-refractivity contribution in [1.82, 2.24) is 20.2 Å². The van der Waals surface area contributed by atoms with E-state index in [1.165, 1.54) is 6.20 Å².